The Kier molecular flexibility index (Phi) is 5.86. The molecular formula is C12H26SiZr. The fourth-order valence-corrected chi connectivity index (χ4v) is 5.20. The van der Waals surface area contributed by atoms with Crippen molar-refractivity contribution in [1.82, 2.24) is 0 Å². The van der Waals surface area contributed by atoms with Crippen molar-refractivity contribution < 1.29 is 23.3 Å². The fourth-order valence-electron chi connectivity index (χ4n) is 1.86. The van der Waals surface area contributed by atoms with Crippen LogP contribution in [0.1, 0.15) is 54.4 Å². The third-order valence-electron chi connectivity index (χ3n) is 2.33. The molecule has 0 amide bonds. The van der Waals surface area contributed by atoms with Crippen molar-refractivity contribution in [3.63, 3.8) is 0 Å². The van der Waals surface area contributed by atoms with Crippen LogP contribution in [0.2, 0.25) is 12.1 Å². The summed E-state index contributed by atoms with van der Waals surface area (Å²) in [4.78, 5) is 0. The minimum atomic E-state index is -0.0488. The summed E-state index contributed by atoms with van der Waals surface area (Å²) in [7, 11) is 0. The number of hydrogen-bond donors (Lipinski definition) is 0. The molecule has 0 spiro atoms. The normalized spacial score (nSPS) is 13.4. The van der Waals surface area contributed by atoms with Gasteiger partial charge in [0.25, 0.3) is 0 Å². The van der Waals surface area contributed by atoms with Crippen LogP contribution in [0.3, 0.4) is 0 Å². The Hall–Kier alpha value is 1.10. The van der Waals surface area contributed by atoms with E-state index in [1.165, 1.54) is 12.8 Å². The fraction of sp³-hybridized carbons (Fsp3) is 1.00. The Bertz CT molecular complexity index is 179. The van der Waals surface area contributed by atoms with Gasteiger partial charge in [0.05, 0.1) is 0 Å². The van der Waals surface area contributed by atoms with Crippen LogP contribution in [-0.4, -0.2) is 5.43 Å². The Morgan fingerprint density at radius 3 is 1.36 bits per heavy atom. The monoisotopic (exact) mass is 288 g/mol. The van der Waals surface area contributed by atoms with Crippen molar-refractivity contribution in [3.05, 3.63) is 0 Å². The van der Waals surface area contributed by atoms with Crippen molar-refractivity contribution in [3.8, 4) is 0 Å². The molecule has 0 saturated heterocycles. The summed E-state index contributed by atoms with van der Waals surface area (Å²) in [5.74, 6) is 0. The van der Waals surface area contributed by atoms with Gasteiger partial charge in [-0.25, -0.2) is 0 Å². The van der Waals surface area contributed by atoms with Gasteiger partial charge in [0.15, 0.2) is 0 Å². The summed E-state index contributed by atoms with van der Waals surface area (Å²) in [6.07, 6.45) is 2.83. The van der Waals surface area contributed by atoms with Gasteiger partial charge in [-0.15, -0.1) is 0 Å². The van der Waals surface area contributed by atoms with Gasteiger partial charge in [-0.3, -0.25) is 0 Å². The van der Waals surface area contributed by atoms with E-state index in [1.807, 2.05) is 0 Å². The maximum absolute atomic E-state index is 2.51. The first-order chi connectivity index (χ1) is 6.01. The number of hydrogen-bond acceptors (Lipinski definition) is 0. The standard InChI is InChI=1S/C12H26Si.Zr/c1-11(2,3)8-10(13-7)9-12(4,5)6;/h10H,8-9H2,1-7H3;. The summed E-state index contributed by atoms with van der Waals surface area (Å²) >= 11 is 1.80. The molecule has 0 nitrogen and oxygen atoms in total. The molecule has 0 unspecified atom stereocenters. The van der Waals surface area contributed by atoms with Gasteiger partial charge in [0, 0.05) is 0 Å². The molecule has 0 aromatic rings. The van der Waals surface area contributed by atoms with E-state index >= 15 is 0 Å². The van der Waals surface area contributed by atoms with Gasteiger partial charge >= 0.3 is 106 Å². The van der Waals surface area contributed by atoms with Gasteiger partial charge in [-0.1, -0.05) is 0 Å². The molecule has 0 aromatic heterocycles. The summed E-state index contributed by atoms with van der Waals surface area (Å²) in [6.45, 7) is 16.8. The topological polar surface area (TPSA) is 0 Å². The van der Waals surface area contributed by atoms with Crippen LogP contribution < -0.4 is 0 Å². The van der Waals surface area contributed by atoms with Gasteiger partial charge in [0.1, 0.15) is 0 Å². The van der Waals surface area contributed by atoms with E-state index in [1.54, 1.807) is 23.3 Å². The summed E-state index contributed by atoms with van der Waals surface area (Å²) in [5.41, 5.74) is 1.99. The molecule has 0 radical (unpaired) electrons. The van der Waals surface area contributed by atoms with Crippen molar-refractivity contribution in [1.29, 1.82) is 0 Å². The molecule has 0 saturated carbocycles. The van der Waals surface area contributed by atoms with E-state index in [0.717, 1.165) is 5.54 Å². The molecule has 2 heteroatoms. The van der Waals surface area contributed by atoms with Crippen LogP contribution in [0.5, 0.6) is 0 Å². The molecule has 0 aliphatic rings. The van der Waals surface area contributed by atoms with Crippen LogP contribution in [0.15, 0.2) is 0 Å². The molecule has 0 fully saturated rings. The third-order valence-corrected chi connectivity index (χ3v) is 6.97. The van der Waals surface area contributed by atoms with Crippen LogP contribution in [0.25, 0.3) is 0 Å². The molecule has 0 N–H and O–H groups in total. The van der Waals surface area contributed by atoms with Crippen molar-refractivity contribution in [2.24, 2.45) is 10.8 Å². The Morgan fingerprint density at radius 2 is 1.21 bits per heavy atom. The first-order valence-corrected chi connectivity index (χ1v) is 11.3. The first kappa shape index (κ1) is 15.1. The zero-order valence-electron chi connectivity index (χ0n) is 11.0. The molecule has 14 heavy (non-hydrogen) atoms. The molecule has 0 aliphatic heterocycles. The molecule has 82 valence electrons. The molecule has 0 rings (SSSR count). The summed E-state index contributed by atoms with van der Waals surface area (Å²) < 4.78 is 0. The van der Waals surface area contributed by atoms with Crippen LogP contribution in [0, 0.1) is 10.8 Å². The van der Waals surface area contributed by atoms with Gasteiger partial charge in [-0.2, -0.15) is 0 Å². The molecule has 0 aliphatic carbocycles. The second kappa shape index (κ2) is 5.43. The van der Waals surface area contributed by atoms with E-state index in [4.69, 9.17) is 0 Å². The molecular weight excluding hydrogens is 263 g/mol. The average molecular weight is 290 g/mol. The quantitative estimate of drug-likeness (QED) is 0.676. The van der Waals surface area contributed by atoms with Gasteiger partial charge in [-0.05, 0) is 0 Å². The Labute approximate surface area is 106 Å². The van der Waals surface area contributed by atoms with E-state index in [2.05, 4.69) is 48.1 Å². The SMILES string of the molecule is C[Si](=[Zr])C(CC(C)(C)C)CC(C)(C)C. The minimum absolute atomic E-state index is 0.0488. The Morgan fingerprint density at radius 1 is 0.929 bits per heavy atom. The molecule has 0 atom stereocenters. The van der Waals surface area contributed by atoms with Crippen LogP contribution in [-0.2, 0) is 23.3 Å². The zero-order chi connectivity index (χ0) is 11.6. The molecule has 0 aromatic carbocycles. The second-order valence-electron chi connectivity index (χ2n) is 6.91. The van der Waals surface area contributed by atoms with E-state index < -0.39 is 0 Å². The third kappa shape index (κ3) is 8.41. The maximum atomic E-state index is 2.51. The van der Waals surface area contributed by atoms with E-state index in [0.29, 0.717) is 10.8 Å². The number of rotatable bonds is 3. The molecule has 0 heterocycles. The average Bonchev–Trinajstić information content (AvgIpc) is 1.78. The van der Waals surface area contributed by atoms with Crippen molar-refractivity contribution in [2.45, 2.75) is 66.5 Å². The predicted molar refractivity (Wildman–Crippen MR) is 63.5 cm³/mol. The summed E-state index contributed by atoms with van der Waals surface area (Å²) in [5, 5.41) is 0. The van der Waals surface area contributed by atoms with Gasteiger partial charge < -0.3 is 0 Å². The van der Waals surface area contributed by atoms with Crippen molar-refractivity contribution in [2.75, 3.05) is 0 Å². The van der Waals surface area contributed by atoms with E-state index in [-0.39, 0.29) is 5.43 Å². The van der Waals surface area contributed by atoms with Gasteiger partial charge in [0.2, 0.25) is 0 Å². The zero-order valence-corrected chi connectivity index (χ0v) is 14.4. The predicted octanol–water partition coefficient (Wildman–Crippen LogP) is 4.40. The first-order valence-electron chi connectivity index (χ1n) is 5.56. The molecule has 0 bridgehead atoms. The van der Waals surface area contributed by atoms with E-state index in [9.17, 15) is 0 Å². The van der Waals surface area contributed by atoms with Crippen LogP contribution in [0.4, 0.5) is 0 Å². The summed E-state index contributed by atoms with van der Waals surface area (Å²) in [6, 6.07) is 0. The van der Waals surface area contributed by atoms with Crippen LogP contribution >= 0.6 is 0 Å². The Balaban J connectivity index is 4.40. The van der Waals surface area contributed by atoms with Crippen molar-refractivity contribution >= 4 is 5.43 Å². The second-order valence-corrected chi connectivity index (χ2v) is 14.9.